The smallest absolute Gasteiger partial charge is 0.123 e. The molecule has 2 rings (SSSR count). The maximum absolute atomic E-state index is 5.51. The number of benzene rings is 2. The molecule has 0 amide bonds. The van der Waals surface area contributed by atoms with Crippen LogP contribution in [0.1, 0.15) is 24.8 Å². The third-order valence-corrected chi connectivity index (χ3v) is 3.72. The van der Waals surface area contributed by atoms with E-state index in [-0.39, 0.29) is 0 Å². The van der Waals surface area contributed by atoms with Crippen LogP contribution < -0.4 is 10.1 Å². The maximum atomic E-state index is 5.51. The molecule has 3 nitrogen and oxygen atoms in total. The van der Waals surface area contributed by atoms with Crippen LogP contribution in [-0.2, 0) is 11.3 Å². The Morgan fingerprint density at radius 3 is 2.62 bits per heavy atom. The van der Waals surface area contributed by atoms with Crippen LogP contribution in [0.15, 0.2) is 36.4 Å². The summed E-state index contributed by atoms with van der Waals surface area (Å²) in [4.78, 5) is 0. The molecule has 2 aromatic rings. The van der Waals surface area contributed by atoms with E-state index in [1.54, 1.807) is 14.2 Å². The molecule has 0 unspecified atom stereocenters. The zero-order valence-corrected chi connectivity index (χ0v) is 13.0. The van der Waals surface area contributed by atoms with Gasteiger partial charge in [-0.3, -0.25) is 0 Å². The van der Waals surface area contributed by atoms with Crippen molar-refractivity contribution in [3.63, 3.8) is 0 Å². The van der Waals surface area contributed by atoms with Gasteiger partial charge in [-0.15, -0.1) is 0 Å². The number of hydrogen-bond acceptors (Lipinski definition) is 3. The molecule has 0 spiro atoms. The Hall–Kier alpha value is -1.58. The molecule has 1 N–H and O–H groups in total. The molecule has 0 fully saturated rings. The predicted octanol–water partition coefficient (Wildman–Crippen LogP) is 3.75. The monoisotopic (exact) mass is 287 g/mol. The van der Waals surface area contributed by atoms with Crippen LogP contribution in [0, 0.1) is 0 Å². The van der Waals surface area contributed by atoms with E-state index in [0.717, 1.165) is 31.9 Å². The SMILES string of the molecule is COCCCCCNCc1c(OC)ccc2ccccc12. The van der Waals surface area contributed by atoms with Gasteiger partial charge in [-0.05, 0) is 42.6 Å². The average molecular weight is 287 g/mol. The molecule has 0 saturated heterocycles. The summed E-state index contributed by atoms with van der Waals surface area (Å²) in [5.74, 6) is 0.959. The summed E-state index contributed by atoms with van der Waals surface area (Å²) in [6, 6.07) is 12.6. The summed E-state index contributed by atoms with van der Waals surface area (Å²) in [7, 11) is 3.49. The zero-order valence-electron chi connectivity index (χ0n) is 13.0. The first-order chi connectivity index (χ1) is 10.4. The fraction of sp³-hybridized carbons (Fsp3) is 0.444. The standard InChI is InChI=1S/C18H25NO2/c1-20-13-7-3-6-12-19-14-17-16-9-5-4-8-15(16)10-11-18(17)21-2/h4-5,8-11,19H,3,6-7,12-14H2,1-2H3. The van der Waals surface area contributed by atoms with Crippen molar-refractivity contribution in [1.82, 2.24) is 5.32 Å². The third-order valence-electron chi connectivity index (χ3n) is 3.72. The van der Waals surface area contributed by atoms with Crippen molar-refractivity contribution in [2.45, 2.75) is 25.8 Å². The second-order valence-corrected chi connectivity index (χ2v) is 5.20. The fourth-order valence-corrected chi connectivity index (χ4v) is 2.58. The highest BCUT2D eigenvalue weighted by atomic mass is 16.5. The van der Waals surface area contributed by atoms with Crippen LogP contribution in [0.3, 0.4) is 0 Å². The van der Waals surface area contributed by atoms with E-state index in [1.807, 2.05) is 0 Å². The van der Waals surface area contributed by atoms with Gasteiger partial charge in [-0.25, -0.2) is 0 Å². The Morgan fingerprint density at radius 2 is 1.81 bits per heavy atom. The van der Waals surface area contributed by atoms with E-state index in [9.17, 15) is 0 Å². The topological polar surface area (TPSA) is 30.5 Å². The molecular weight excluding hydrogens is 262 g/mol. The summed E-state index contributed by atoms with van der Waals surface area (Å²) in [6.45, 7) is 2.72. The van der Waals surface area contributed by atoms with E-state index in [1.165, 1.54) is 29.2 Å². The first kappa shape index (κ1) is 15.8. The van der Waals surface area contributed by atoms with E-state index in [4.69, 9.17) is 9.47 Å². The molecule has 0 aromatic heterocycles. The van der Waals surface area contributed by atoms with Gasteiger partial charge in [0.2, 0.25) is 0 Å². The van der Waals surface area contributed by atoms with Crippen LogP contribution in [0.4, 0.5) is 0 Å². The van der Waals surface area contributed by atoms with Crippen molar-refractivity contribution in [3.05, 3.63) is 42.0 Å². The molecule has 0 aliphatic heterocycles. The van der Waals surface area contributed by atoms with Crippen molar-refractivity contribution in [2.75, 3.05) is 27.4 Å². The lowest BCUT2D eigenvalue weighted by molar-refractivity contribution is 0.192. The molecule has 0 heterocycles. The number of fused-ring (bicyclic) bond motifs is 1. The number of unbranched alkanes of at least 4 members (excludes halogenated alkanes) is 2. The lowest BCUT2D eigenvalue weighted by Gasteiger charge is -2.13. The van der Waals surface area contributed by atoms with Gasteiger partial charge in [-0.1, -0.05) is 30.3 Å². The van der Waals surface area contributed by atoms with E-state index < -0.39 is 0 Å². The fourth-order valence-electron chi connectivity index (χ4n) is 2.58. The summed E-state index contributed by atoms with van der Waals surface area (Å²) >= 11 is 0. The molecule has 0 aliphatic rings. The van der Waals surface area contributed by atoms with Gasteiger partial charge in [0.25, 0.3) is 0 Å². The van der Waals surface area contributed by atoms with E-state index >= 15 is 0 Å². The van der Waals surface area contributed by atoms with Crippen molar-refractivity contribution < 1.29 is 9.47 Å². The Bertz CT molecular complexity index is 554. The highest BCUT2D eigenvalue weighted by molar-refractivity contribution is 5.87. The van der Waals surface area contributed by atoms with Gasteiger partial charge in [0.1, 0.15) is 5.75 Å². The molecule has 114 valence electrons. The quantitative estimate of drug-likeness (QED) is 0.712. The predicted molar refractivity (Wildman–Crippen MR) is 87.9 cm³/mol. The average Bonchev–Trinajstić information content (AvgIpc) is 2.54. The molecule has 0 saturated carbocycles. The van der Waals surface area contributed by atoms with Gasteiger partial charge in [0.15, 0.2) is 0 Å². The van der Waals surface area contributed by atoms with E-state index in [0.29, 0.717) is 0 Å². The third kappa shape index (κ3) is 4.45. The van der Waals surface area contributed by atoms with Crippen LogP contribution in [0.25, 0.3) is 10.8 Å². The van der Waals surface area contributed by atoms with Crippen molar-refractivity contribution >= 4 is 10.8 Å². The molecule has 0 atom stereocenters. The highest BCUT2D eigenvalue weighted by Crippen LogP contribution is 2.27. The Balaban J connectivity index is 1.94. The van der Waals surface area contributed by atoms with Gasteiger partial charge < -0.3 is 14.8 Å². The number of nitrogens with one attached hydrogen (secondary N) is 1. The highest BCUT2D eigenvalue weighted by Gasteiger charge is 2.07. The summed E-state index contributed by atoms with van der Waals surface area (Å²) in [6.07, 6.45) is 3.51. The molecule has 2 aromatic carbocycles. The summed E-state index contributed by atoms with van der Waals surface area (Å²) < 4.78 is 10.6. The number of hydrogen-bond donors (Lipinski definition) is 1. The minimum atomic E-state index is 0.842. The number of ether oxygens (including phenoxy) is 2. The lowest BCUT2D eigenvalue weighted by atomic mass is 10.0. The normalized spacial score (nSPS) is 11.0. The number of methoxy groups -OCH3 is 2. The van der Waals surface area contributed by atoms with Gasteiger partial charge >= 0.3 is 0 Å². The first-order valence-corrected chi connectivity index (χ1v) is 7.61. The van der Waals surface area contributed by atoms with Crippen LogP contribution in [-0.4, -0.2) is 27.4 Å². The maximum Gasteiger partial charge on any atom is 0.123 e. The Kier molecular flexibility index (Phi) is 6.51. The Morgan fingerprint density at radius 1 is 0.952 bits per heavy atom. The van der Waals surface area contributed by atoms with Gasteiger partial charge in [0, 0.05) is 25.8 Å². The minimum Gasteiger partial charge on any atom is -0.496 e. The molecular formula is C18H25NO2. The number of rotatable bonds is 9. The van der Waals surface area contributed by atoms with Crippen molar-refractivity contribution in [2.24, 2.45) is 0 Å². The summed E-state index contributed by atoms with van der Waals surface area (Å²) in [5.41, 5.74) is 1.24. The first-order valence-electron chi connectivity index (χ1n) is 7.61. The molecule has 3 heteroatoms. The van der Waals surface area contributed by atoms with Crippen molar-refractivity contribution in [1.29, 1.82) is 0 Å². The molecule has 0 radical (unpaired) electrons. The van der Waals surface area contributed by atoms with Crippen molar-refractivity contribution in [3.8, 4) is 5.75 Å². The molecule has 0 bridgehead atoms. The minimum absolute atomic E-state index is 0.842. The van der Waals surface area contributed by atoms with Gasteiger partial charge in [0.05, 0.1) is 7.11 Å². The Labute approximate surface area is 127 Å². The van der Waals surface area contributed by atoms with E-state index in [2.05, 4.69) is 41.7 Å². The largest absolute Gasteiger partial charge is 0.496 e. The second kappa shape index (κ2) is 8.65. The molecule has 21 heavy (non-hydrogen) atoms. The van der Waals surface area contributed by atoms with Gasteiger partial charge in [-0.2, -0.15) is 0 Å². The van der Waals surface area contributed by atoms with Crippen LogP contribution >= 0.6 is 0 Å². The zero-order chi connectivity index (χ0) is 14.9. The van der Waals surface area contributed by atoms with Crippen LogP contribution in [0.2, 0.25) is 0 Å². The molecule has 0 aliphatic carbocycles. The summed E-state index contributed by atoms with van der Waals surface area (Å²) in [5, 5.41) is 6.05. The second-order valence-electron chi connectivity index (χ2n) is 5.20. The van der Waals surface area contributed by atoms with Crippen LogP contribution in [0.5, 0.6) is 5.75 Å². The lowest BCUT2D eigenvalue weighted by Crippen LogP contribution is -2.15.